The Balaban J connectivity index is 3.12. The molecule has 18 heavy (non-hydrogen) atoms. The van der Waals surface area contributed by atoms with Gasteiger partial charge in [-0.05, 0) is 30.0 Å². The van der Waals surface area contributed by atoms with Gasteiger partial charge in [0.05, 0.1) is 7.11 Å². The van der Waals surface area contributed by atoms with Crippen LogP contribution in [0.25, 0.3) is 0 Å². The van der Waals surface area contributed by atoms with Crippen LogP contribution in [0.3, 0.4) is 0 Å². The second-order valence-electron chi connectivity index (χ2n) is 5.00. The van der Waals surface area contributed by atoms with E-state index >= 15 is 0 Å². The molecule has 1 aromatic rings. The molecule has 0 aromatic heterocycles. The van der Waals surface area contributed by atoms with E-state index in [0.29, 0.717) is 12.8 Å². The van der Waals surface area contributed by atoms with Gasteiger partial charge in [0.15, 0.2) is 0 Å². The smallest absolute Gasteiger partial charge is 0.223 e. The summed E-state index contributed by atoms with van der Waals surface area (Å²) in [6, 6.07) is 5.68. The van der Waals surface area contributed by atoms with Crippen LogP contribution in [0, 0.1) is 5.41 Å². The van der Waals surface area contributed by atoms with Crippen LogP contribution in [0.2, 0.25) is 0 Å². The molecule has 0 aliphatic heterocycles. The van der Waals surface area contributed by atoms with E-state index in [9.17, 15) is 4.79 Å². The van der Waals surface area contributed by atoms with Gasteiger partial charge < -0.3 is 15.6 Å². The third-order valence-corrected chi connectivity index (χ3v) is 3.11. The SMILES string of the molecule is COc1cccc(CC(C)(C)C(N)=O)c1CCO. The monoisotopic (exact) mass is 251 g/mol. The molecule has 0 unspecified atom stereocenters. The van der Waals surface area contributed by atoms with Gasteiger partial charge in [0.1, 0.15) is 5.75 Å². The van der Waals surface area contributed by atoms with E-state index < -0.39 is 5.41 Å². The van der Waals surface area contributed by atoms with Crippen molar-refractivity contribution in [3.63, 3.8) is 0 Å². The van der Waals surface area contributed by atoms with E-state index in [0.717, 1.165) is 16.9 Å². The van der Waals surface area contributed by atoms with Gasteiger partial charge in [0, 0.05) is 12.0 Å². The first-order chi connectivity index (χ1) is 8.42. The van der Waals surface area contributed by atoms with E-state index in [1.807, 2.05) is 32.0 Å². The van der Waals surface area contributed by atoms with Crippen molar-refractivity contribution in [1.29, 1.82) is 0 Å². The zero-order valence-electron chi connectivity index (χ0n) is 11.2. The second kappa shape index (κ2) is 5.87. The Morgan fingerprint density at radius 1 is 1.44 bits per heavy atom. The van der Waals surface area contributed by atoms with Gasteiger partial charge in [0.2, 0.25) is 5.91 Å². The molecule has 1 amide bonds. The largest absolute Gasteiger partial charge is 0.496 e. The number of rotatable bonds is 6. The molecule has 0 aliphatic carbocycles. The van der Waals surface area contributed by atoms with Crippen molar-refractivity contribution < 1.29 is 14.6 Å². The number of hydrogen-bond donors (Lipinski definition) is 2. The van der Waals surface area contributed by atoms with Crippen LogP contribution >= 0.6 is 0 Å². The Labute approximate surface area is 108 Å². The van der Waals surface area contributed by atoms with Crippen molar-refractivity contribution in [3.05, 3.63) is 29.3 Å². The lowest BCUT2D eigenvalue weighted by molar-refractivity contribution is -0.125. The fraction of sp³-hybridized carbons (Fsp3) is 0.500. The quantitative estimate of drug-likeness (QED) is 0.800. The number of hydrogen-bond acceptors (Lipinski definition) is 3. The second-order valence-corrected chi connectivity index (χ2v) is 5.00. The van der Waals surface area contributed by atoms with Gasteiger partial charge in [-0.15, -0.1) is 0 Å². The Morgan fingerprint density at radius 2 is 2.11 bits per heavy atom. The highest BCUT2D eigenvalue weighted by Gasteiger charge is 2.26. The third kappa shape index (κ3) is 3.23. The number of nitrogens with two attached hydrogens (primary N) is 1. The molecule has 0 aliphatic rings. The first kappa shape index (κ1) is 14.5. The molecule has 0 atom stereocenters. The lowest BCUT2D eigenvalue weighted by Crippen LogP contribution is -2.33. The van der Waals surface area contributed by atoms with Gasteiger partial charge in [-0.2, -0.15) is 0 Å². The summed E-state index contributed by atoms with van der Waals surface area (Å²) in [6.07, 6.45) is 1.04. The Kier molecular flexibility index (Phi) is 4.73. The van der Waals surface area contributed by atoms with Crippen molar-refractivity contribution in [1.82, 2.24) is 0 Å². The highest BCUT2D eigenvalue weighted by molar-refractivity contribution is 5.80. The molecular weight excluding hydrogens is 230 g/mol. The summed E-state index contributed by atoms with van der Waals surface area (Å²) in [5.41, 5.74) is 6.71. The summed E-state index contributed by atoms with van der Waals surface area (Å²) >= 11 is 0. The third-order valence-electron chi connectivity index (χ3n) is 3.11. The lowest BCUT2D eigenvalue weighted by atomic mass is 9.83. The van der Waals surface area contributed by atoms with E-state index in [4.69, 9.17) is 15.6 Å². The lowest BCUT2D eigenvalue weighted by Gasteiger charge is -2.23. The molecule has 0 radical (unpaired) electrons. The number of aliphatic hydroxyl groups excluding tert-OH is 1. The Bertz CT molecular complexity index is 427. The minimum atomic E-state index is -0.615. The molecular formula is C14H21NO3. The summed E-state index contributed by atoms with van der Waals surface area (Å²) in [5, 5.41) is 9.12. The molecule has 0 saturated heterocycles. The topological polar surface area (TPSA) is 72.5 Å². The average Bonchev–Trinajstić information content (AvgIpc) is 2.31. The van der Waals surface area contributed by atoms with Crippen LogP contribution in [-0.2, 0) is 17.6 Å². The molecule has 0 saturated carbocycles. The van der Waals surface area contributed by atoms with E-state index in [1.54, 1.807) is 7.11 Å². The fourth-order valence-electron chi connectivity index (χ4n) is 1.93. The molecule has 0 heterocycles. The molecule has 100 valence electrons. The van der Waals surface area contributed by atoms with Crippen molar-refractivity contribution in [2.24, 2.45) is 11.1 Å². The Hall–Kier alpha value is -1.55. The summed E-state index contributed by atoms with van der Waals surface area (Å²) in [6.45, 7) is 3.68. The van der Waals surface area contributed by atoms with Gasteiger partial charge in [-0.3, -0.25) is 4.79 Å². The Morgan fingerprint density at radius 3 is 2.61 bits per heavy atom. The molecule has 0 spiro atoms. The molecule has 4 nitrogen and oxygen atoms in total. The maximum atomic E-state index is 11.4. The fourth-order valence-corrected chi connectivity index (χ4v) is 1.93. The molecule has 1 aromatic carbocycles. The molecule has 4 heteroatoms. The van der Waals surface area contributed by atoms with Crippen molar-refractivity contribution in [2.45, 2.75) is 26.7 Å². The van der Waals surface area contributed by atoms with E-state index in [-0.39, 0.29) is 12.5 Å². The number of benzene rings is 1. The van der Waals surface area contributed by atoms with Crippen LogP contribution in [0.5, 0.6) is 5.75 Å². The summed E-state index contributed by atoms with van der Waals surface area (Å²) in [5.74, 6) is 0.405. The highest BCUT2D eigenvalue weighted by atomic mass is 16.5. The maximum Gasteiger partial charge on any atom is 0.223 e. The number of primary amides is 1. The van der Waals surface area contributed by atoms with E-state index in [2.05, 4.69) is 0 Å². The maximum absolute atomic E-state index is 11.4. The zero-order chi connectivity index (χ0) is 13.8. The van der Waals surface area contributed by atoms with Crippen molar-refractivity contribution >= 4 is 5.91 Å². The van der Waals surface area contributed by atoms with Crippen LogP contribution in [0.15, 0.2) is 18.2 Å². The van der Waals surface area contributed by atoms with Crippen LogP contribution in [-0.4, -0.2) is 24.7 Å². The summed E-state index contributed by atoms with van der Waals surface area (Å²) in [4.78, 5) is 11.4. The number of carbonyl (C=O) groups is 1. The number of amides is 1. The highest BCUT2D eigenvalue weighted by Crippen LogP contribution is 2.29. The predicted octanol–water partition coefficient (Wildman–Crippen LogP) is 1.28. The number of carbonyl (C=O) groups excluding carboxylic acids is 1. The molecule has 0 fully saturated rings. The first-order valence-corrected chi connectivity index (χ1v) is 5.98. The average molecular weight is 251 g/mol. The minimum absolute atomic E-state index is 0.0460. The summed E-state index contributed by atoms with van der Waals surface area (Å²) < 4.78 is 5.29. The summed E-state index contributed by atoms with van der Waals surface area (Å²) in [7, 11) is 1.60. The number of aliphatic hydroxyl groups is 1. The number of ether oxygens (including phenoxy) is 1. The molecule has 3 N–H and O–H groups in total. The first-order valence-electron chi connectivity index (χ1n) is 5.98. The predicted molar refractivity (Wildman–Crippen MR) is 70.5 cm³/mol. The molecule has 1 rings (SSSR count). The van der Waals surface area contributed by atoms with E-state index in [1.165, 1.54) is 0 Å². The van der Waals surface area contributed by atoms with Crippen LogP contribution in [0.4, 0.5) is 0 Å². The number of methoxy groups -OCH3 is 1. The van der Waals surface area contributed by atoms with Crippen molar-refractivity contribution in [2.75, 3.05) is 13.7 Å². The normalized spacial score (nSPS) is 11.3. The molecule has 0 bridgehead atoms. The minimum Gasteiger partial charge on any atom is -0.496 e. The van der Waals surface area contributed by atoms with Gasteiger partial charge >= 0.3 is 0 Å². The van der Waals surface area contributed by atoms with Crippen LogP contribution < -0.4 is 10.5 Å². The van der Waals surface area contributed by atoms with Gasteiger partial charge in [-0.25, -0.2) is 0 Å². The van der Waals surface area contributed by atoms with Gasteiger partial charge in [0.25, 0.3) is 0 Å². The zero-order valence-corrected chi connectivity index (χ0v) is 11.2. The van der Waals surface area contributed by atoms with Gasteiger partial charge in [-0.1, -0.05) is 26.0 Å². The van der Waals surface area contributed by atoms with Crippen molar-refractivity contribution in [3.8, 4) is 5.75 Å². The van der Waals surface area contributed by atoms with Crippen LogP contribution in [0.1, 0.15) is 25.0 Å². The standard InChI is InChI=1S/C14H21NO3/c1-14(2,13(15)17)9-10-5-4-6-12(18-3)11(10)7-8-16/h4-6,16H,7-9H2,1-3H3,(H2,15,17).